The van der Waals surface area contributed by atoms with Crippen LogP contribution in [0, 0.1) is 0 Å². The second-order valence-electron chi connectivity index (χ2n) is 3.73. The average molecular weight is 229 g/mol. The Kier molecular flexibility index (Phi) is 4.10. The Bertz CT molecular complexity index is 301. The SMILES string of the molecule is C[C@H](NC(=O)NCC(=O)NC1CC1)C(=O)O. The van der Waals surface area contributed by atoms with Crippen molar-refractivity contribution in [3.8, 4) is 0 Å². The van der Waals surface area contributed by atoms with Crippen LogP contribution in [0.15, 0.2) is 0 Å². The van der Waals surface area contributed by atoms with Gasteiger partial charge in [-0.05, 0) is 19.8 Å². The monoisotopic (exact) mass is 229 g/mol. The Hall–Kier alpha value is -1.79. The number of amides is 3. The van der Waals surface area contributed by atoms with E-state index in [9.17, 15) is 14.4 Å². The standard InChI is InChI=1S/C9H15N3O4/c1-5(8(14)15)11-9(16)10-4-7(13)12-6-2-3-6/h5-6H,2-4H2,1H3,(H,12,13)(H,14,15)(H2,10,11,16)/t5-/m0/s1. The van der Waals surface area contributed by atoms with Gasteiger partial charge in [-0.2, -0.15) is 0 Å². The minimum absolute atomic E-state index is 0.144. The van der Waals surface area contributed by atoms with E-state index in [0.717, 1.165) is 12.8 Å². The number of carbonyl (C=O) groups excluding carboxylic acids is 2. The molecule has 0 aromatic carbocycles. The van der Waals surface area contributed by atoms with Gasteiger partial charge < -0.3 is 21.1 Å². The highest BCUT2D eigenvalue weighted by molar-refractivity contribution is 5.86. The molecular formula is C9H15N3O4. The Morgan fingerprint density at radius 1 is 1.38 bits per heavy atom. The molecule has 0 saturated heterocycles. The first-order chi connectivity index (χ1) is 7.49. The molecule has 1 aliphatic carbocycles. The molecule has 0 bridgehead atoms. The minimum atomic E-state index is -1.13. The zero-order valence-corrected chi connectivity index (χ0v) is 8.95. The van der Waals surface area contributed by atoms with Crippen molar-refractivity contribution >= 4 is 17.9 Å². The van der Waals surface area contributed by atoms with Crippen molar-refractivity contribution in [2.75, 3.05) is 6.54 Å². The van der Waals surface area contributed by atoms with E-state index in [2.05, 4.69) is 16.0 Å². The van der Waals surface area contributed by atoms with Gasteiger partial charge in [0, 0.05) is 6.04 Å². The Morgan fingerprint density at radius 2 is 2.00 bits per heavy atom. The molecule has 0 aromatic rings. The van der Waals surface area contributed by atoms with E-state index in [1.54, 1.807) is 0 Å². The maximum absolute atomic E-state index is 11.1. The summed E-state index contributed by atoms with van der Waals surface area (Å²) in [5, 5.41) is 15.7. The average Bonchev–Trinajstić information content (AvgIpc) is 2.98. The van der Waals surface area contributed by atoms with Crippen molar-refractivity contribution in [2.24, 2.45) is 0 Å². The van der Waals surface area contributed by atoms with Gasteiger partial charge in [0.15, 0.2) is 0 Å². The van der Waals surface area contributed by atoms with Crippen molar-refractivity contribution in [1.82, 2.24) is 16.0 Å². The van der Waals surface area contributed by atoms with Gasteiger partial charge in [0.2, 0.25) is 5.91 Å². The van der Waals surface area contributed by atoms with Crippen LogP contribution in [0.4, 0.5) is 4.79 Å². The predicted octanol–water partition coefficient (Wildman–Crippen LogP) is -0.963. The van der Waals surface area contributed by atoms with Crippen molar-refractivity contribution in [3.63, 3.8) is 0 Å². The van der Waals surface area contributed by atoms with Crippen LogP contribution >= 0.6 is 0 Å². The maximum Gasteiger partial charge on any atom is 0.325 e. The predicted molar refractivity (Wildman–Crippen MR) is 54.8 cm³/mol. The van der Waals surface area contributed by atoms with Gasteiger partial charge in [0.05, 0.1) is 6.54 Å². The fraction of sp³-hybridized carbons (Fsp3) is 0.667. The minimum Gasteiger partial charge on any atom is -0.480 e. The summed E-state index contributed by atoms with van der Waals surface area (Å²) in [5.74, 6) is -1.39. The van der Waals surface area contributed by atoms with Gasteiger partial charge in [-0.15, -0.1) is 0 Å². The van der Waals surface area contributed by atoms with Crippen LogP contribution in [0.25, 0.3) is 0 Å². The van der Waals surface area contributed by atoms with E-state index in [-0.39, 0.29) is 18.5 Å². The van der Waals surface area contributed by atoms with Crippen molar-refractivity contribution in [2.45, 2.75) is 31.8 Å². The second-order valence-corrected chi connectivity index (χ2v) is 3.73. The van der Waals surface area contributed by atoms with E-state index < -0.39 is 18.0 Å². The Labute approximate surface area is 92.6 Å². The van der Waals surface area contributed by atoms with Crippen LogP contribution in [0.5, 0.6) is 0 Å². The molecule has 4 N–H and O–H groups in total. The molecule has 1 aliphatic rings. The maximum atomic E-state index is 11.1. The van der Waals surface area contributed by atoms with Gasteiger partial charge in [-0.1, -0.05) is 0 Å². The number of carboxylic acids is 1. The number of hydrogen-bond acceptors (Lipinski definition) is 3. The molecule has 1 saturated carbocycles. The number of carboxylic acid groups (broad SMARTS) is 1. The van der Waals surface area contributed by atoms with Crippen LogP contribution in [0.1, 0.15) is 19.8 Å². The van der Waals surface area contributed by atoms with E-state index in [1.807, 2.05) is 0 Å². The largest absolute Gasteiger partial charge is 0.480 e. The van der Waals surface area contributed by atoms with Crippen LogP contribution in [-0.4, -0.2) is 41.6 Å². The van der Waals surface area contributed by atoms with Crippen LogP contribution in [-0.2, 0) is 9.59 Å². The van der Waals surface area contributed by atoms with Gasteiger partial charge in [0.25, 0.3) is 0 Å². The summed E-state index contributed by atoms with van der Waals surface area (Å²) in [6, 6.07) is -1.40. The Balaban J connectivity index is 2.13. The molecule has 16 heavy (non-hydrogen) atoms. The normalized spacial score (nSPS) is 16.1. The highest BCUT2D eigenvalue weighted by Crippen LogP contribution is 2.18. The summed E-state index contributed by atoms with van der Waals surface area (Å²) in [7, 11) is 0. The molecule has 7 nitrogen and oxygen atoms in total. The van der Waals surface area contributed by atoms with Crippen LogP contribution in [0.3, 0.4) is 0 Å². The second kappa shape index (κ2) is 5.34. The topological polar surface area (TPSA) is 108 Å². The lowest BCUT2D eigenvalue weighted by Crippen LogP contribution is -2.47. The van der Waals surface area contributed by atoms with Crippen molar-refractivity contribution in [1.29, 1.82) is 0 Å². The van der Waals surface area contributed by atoms with Gasteiger partial charge in [0.1, 0.15) is 6.04 Å². The third kappa shape index (κ3) is 4.63. The lowest BCUT2D eigenvalue weighted by Gasteiger charge is -2.10. The number of aliphatic carboxylic acids is 1. The molecule has 3 amide bonds. The number of urea groups is 1. The number of carbonyl (C=O) groups is 3. The molecule has 1 rings (SSSR count). The summed E-state index contributed by atoms with van der Waals surface area (Å²) < 4.78 is 0. The van der Waals surface area contributed by atoms with Gasteiger partial charge in [-0.25, -0.2) is 4.79 Å². The molecule has 0 aromatic heterocycles. The summed E-state index contributed by atoms with van der Waals surface area (Å²) in [4.78, 5) is 32.7. The lowest BCUT2D eigenvalue weighted by molar-refractivity contribution is -0.138. The molecule has 0 unspecified atom stereocenters. The molecule has 7 heteroatoms. The third-order valence-electron chi connectivity index (χ3n) is 2.07. The van der Waals surface area contributed by atoms with Gasteiger partial charge in [-0.3, -0.25) is 9.59 Å². The van der Waals surface area contributed by atoms with E-state index in [0.29, 0.717) is 0 Å². The molecule has 0 radical (unpaired) electrons. The molecular weight excluding hydrogens is 214 g/mol. The zero-order valence-electron chi connectivity index (χ0n) is 8.95. The summed E-state index contributed by atoms with van der Waals surface area (Å²) >= 11 is 0. The molecule has 90 valence electrons. The van der Waals surface area contributed by atoms with Crippen LogP contribution in [0.2, 0.25) is 0 Å². The third-order valence-corrected chi connectivity index (χ3v) is 2.07. The van der Waals surface area contributed by atoms with Crippen molar-refractivity contribution < 1.29 is 19.5 Å². The van der Waals surface area contributed by atoms with Gasteiger partial charge >= 0.3 is 12.0 Å². The first-order valence-electron chi connectivity index (χ1n) is 5.05. The zero-order chi connectivity index (χ0) is 12.1. The molecule has 0 spiro atoms. The number of nitrogens with one attached hydrogen (secondary N) is 3. The summed E-state index contributed by atoms with van der Waals surface area (Å²) in [5.41, 5.74) is 0. The summed E-state index contributed by atoms with van der Waals surface area (Å²) in [6.07, 6.45) is 1.96. The molecule has 1 atom stereocenters. The Morgan fingerprint density at radius 3 is 2.50 bits per heavy atom. The molecule has 1 fully saturated rings. The van der Waals surface area contributed by atoms with Crippen LogP contribution < -0.4 is 16.0 Å². The van der Waals surface area contributed by atoms with E-state index in [1.165, 1.54) is 6.92 Å². The quantitative estimate of drug-likeness (QED) is 0.487. The first kappa shape index (κ1) is 12.3. The van der Waals surface area contributed by atoms with E-state index in [4.69, 9.17) is 5.11 Å². The van der Waals surface area contributed by atoms with Crippen molar-refractivity contribution in [3.05, 3.63) is 0 Å². The lowest BCUT2D eigenvalue weighted by atomic mass is 10.3. The highest BCUT2D eigenvalue weighted by atomic mass is 16.4. The fourth-order valence-corrected chi connectivity index (χ4v) is 0.976. The highest BCUT2D eigenvalue weighted by Gasteiger charge is 2.23. The van der Waals surface area contributed by atoms with E-state index >= 15 is 0 Å². The first-order valence-corrected chi connectivity index (χ1v) is 5.05. The fourth-order valence-electron chi connectivity index (χ4n) is 0.976. The number of hydrogen-bond donors (Lipinski definition) is 4. The summed E-state index contributed by atoms with van der Waals surface area (Å²) in [6.45, 7) is 1.20. The molecule has 0 aliphatic heterocycles. The smallest absolute Gasteiger partial charge is 0.325 e. The molecule has 0 heterocycles. The number of rotatable bonds is 5.